The van der Waals surface area contributed by atoms with Crippen LogP contribution in [0.25, 0.3) is 11.3 Å². The second-order valence-corrected chi connectivity index (χ2v) is 4.77. The Bertz CT molecular complexity index is 684. The second-order valence-electron chi connectivity index (χ2n) is 4.77. The van der Waals surface area contributed by atoms with E-state index in [-0.39, 0.29) is 24.0 Å². The predicted octanol–water partition coefficient (Wildman–Crippen LogP) is 1.50. The Labute approximate surface area is 139 Å². The zero-order valence-corrected chi connectivity index (χ0v) is 13.4. The molecular formula is C14H18ClN5O3. The van der Waals surface area contributed by atoms with Crippen molar-refractivity contribution in [1.82, 2.24) is 15.1 Å². The number of hydrogen-bond acceptors (Lipinski definition) is 5. The molecule has 3 N–H and O–H groups in total. The van der Waals surface area contributed by atoms with Crippen LogP contribution >= 0.6 is 12.4 Å². The lowest BCUT2D eigenvalue weighted by atomic mass is 10.1. The number of halogens is 1. The Kier molecular flexibility index (Phi) is 6.67. The molecule has 0 aliphatic carbocycles. The van der Waals surface area contributed by atoms with Gasteiger partial charge in [-0.3, -0.25) is 19.6 Å². The van der Waals surface area contributed by atoms with Crippen molar-refractivity contribution in [3.63, 3.8) is 0 Å². The zero-order chi connectivity index (χ0) is 16.1. The van der Waals surface area contributed by atoms with E-state index in [1.165, 1.54) is 16.8 Å². The van der Waals surface area contributed by atoms with E-state index in [1.54, 1.807) is 25.4 Å². The molecule has 1 aromatic heterocycles. The van der Waals surface area contributed by atoms with E-state index in [9.17, 15) is 14.9 Å². The molecule has 0 fully saturated rings. The molecule has 2 rings (SSSR count). The van der Waals surface area contributed by atoms with Crippen molar-refractivity contribution >= 4 is 24.0 Å². The Morgan fingerprint density at radius 3 is 2.61 bits per heavy atom. The lowest BCUT2D eigenvalue weighted by Crippen LogP contribution is -2.26. The topological polar surface area (TPSA) is 116 Å². The molecule has 8 nitrogen and oxygen atoms in total. The number of nitrogens with two attached hydrogens (primary N) is 1. The van der Waals surface area contributed by atoms with E-state index < -0.39 is 4.92 Å². The van der Waals surface area contributed by atoms with Gasteiger partial charge >= 0.3 is 0 Å². The Hall–Kier alpha value is -2.45. The summed E-state index contributed by atoms with van der Waals surface area (Å²) in [6, 6.07) is 5.94. The monoisotopic (exact) mass is 339 g/mol. The second kappa shape index (κ2) is 8.25. The first kappa shape index (κ1) is 18.6. The van der Waals surface area contributed by atoms with Gasteiger partial charge in [0.15, 0.2) is 0 Å². The number of non-ortho nitro benzene ring substituents is 1. The van der Waals surface area contributed by atoms with Crippen LogP contribution in [0.3, 0.4) is 0 Å². The fraction of sp³-hybridized carbons (Fsp3) is 0.286. The van der Waals surface area contributed by atoms with E-state index in [1.807, 2.05) is 0 Å². The summed E-state index contributed by atoms with van der Waals surface area (Å²) in [7, 11) is 1.71. The third-order valence-electron chi connectivity index (χ3n) is 3.09. The van der Waals surface area contributed by atoms with Crippen LogP contribution in [0.5, 0.6) is 0 Å². The minimum Gasteiger partial charge on any atom is -0.352 e. The molecule has 1 aromatic carbocycles. The maximum Gasteiger partial charge on any atom is 0.269 e. The number of amides is 1. The number of carbonyl (C=O) groups is 1. The van der Waals surface area contributed by atoms with Crippen LogP contribution in [0, 0.1) is 10.1 Å². The van der Waals surface area contributed by atoms with Crippen LogP contribution in [0.4, 0.5) is 5.69 Å². The molecule has 0 spiro atoms. The average molecular weight is 340 g/mol. The van der Waals surface area contributed by atoms with Crippen LogP contribution in [0.15, 0.2) is 30.5 Å². The van der Waals surface area contributed by atoms with E-state index >= 15 is 0 Å². The summed E-state index contributed by atoms with van der Waals surface area (Å²) in [5.74, 6) is -0.241. The van der Waals surface area contributed by atoms with E-state index in [0.717, 1.165) is 0 Å². The van der Waals surface area contributed by atoms with Gasteiger partial charge in [0.25, 0.3) is 11.6 Å². The number of aryl methyl sites for hydroxylation is 1. The van der Waals surface area contributed by atoms with Gasteiger partial charge in [-0.15, -0.1) is 12.4 Å². The number of nitro benzene ring substituents is 1. The molecule has 0 saturated heterocycles. The van der Waals surface area contributed by atoms with Gasteiger partial charge in [0.2, 0.25) is 0 Å². The first-order valence-electron chi connectivity index (χ1n) is 6.79. The Balaban J connectivity index is 0.00000264. The van der Waals surface area contributed by atoms with E-state index in [4.69, 9.17) is 5.73 Å². The maximum absolute atomic E-state index is 12.2. The van der Waals surface area contributed by atoms with Gasteiger partial charge in [0, 0.05) is 37.5 Å². The lowest BCUT2D eigenvalue weighted by Gasteiger charge is -2.04. The Morgan fingerprint density at radius 2 is 2.04 bits per heavy atom. The largest absolute Gasteiger partial charge is 0.352 e. The number of aromatic nitrogens is 2. The predicted molar refractivity (Wildman–Crippen MR) is 88.6 cm³/mol. The summed E-state index contributed by atoms with van der Waals surface area (Å²) < 4.78 is 1.54. The van der Waals surface area contributed by atoms with Gasteiger partial charge in [-0.05, 0) is 25.1 Å². The van der Waals surface area contributed by atoms with E-state index in [2.05, 4.69) is 10.4 Å². The molecule has 1 heterocycles. The molecule has 0 unspecified atom stereocenters. The number of rotatable bonds is 6. The molecule has 9 heteroatoms. The van der Waals surface area contributed by atoms with Gasteiger partial charge < -0.3 is 11.1 Å². The highest BCUT2D eigenvalue weighted by Gasteiger charge is 2.17. The molecule has 124 valence electrons. The zero-order valence-electron chi connectivity index (χ0n) is 12.6. The fourth-order valence-corrected chi connectivity index (χ4v) is 2.01. The quantitative estimate of drug-likeness (QED) is 0.470. The molecule has 1 amide bonds. The standard InChI is InChI=1S/C14H17N5O3.ClH/c1-18-9-12(14(20)16-8-2-7-15)13(17-18)10-3-5-11(6-4-10)19(21)22;/h3-6,9H,2,7-8,15H2,1H3,(H,16,20);1H. The fourth-order valence-electron chi connectivity index (χ4n) is 2.01. The minimum atomic E-state index is -0.470. The molecule has 0 bridgehead atoms. The summed E-state index contributed by atoms with van der Waals surface area (Å²) in [4.78, 5) is 22.4. The number of nitrogens with zero attached hydrogens (tertiary/aromatic N) is 3. The number of nitrogens with one attached hydrogen (secondary N) is 1. The van der Waals surface area contributed by atoms with Gasteiger partial charge in [-0.1, -0.05) is 0 Å². The molecule has 23 heavy (non-hydrogen) atoms. The van der Waals surface area contributed by atoms with Crippen LogP contribution in [0.2, 0.25) is 0 Å². The normalized spacial score (nSPS) is 10.0. The molecule has 0 radical (unpaired) electrons. The molecule has 0 aliphatic heterocycles. The van der Waals surface area contributed by atoms with Gasteiger partial charge in [0.1, 0.15) is 5.69 Å². The van der Waals surface area contributed by atoms with Crippen LogP contribution in [0.1, 0.15) is 16.8 Å². The number of nitro groups is 1. The molecular weight excluding hydrogens is 322 g/mol. The summed E-state index contributed by atoms with van der Waals surface area (Å²) >= 11 is 0. The summed E-state index contributed by atoms with van der Waals surface area (Å²) in [6.07, 6.45) is 2.31. The SMILES string of the molecule is Cl.Cn1cc(C(=O)NCCCN)c(-c2ccc([N+](=O)[O-])cc2)n1. The Morgan fingerprint density at radius 1 is 1.39 bits per heavy atom. The van der Waals surface area contributed by atoms with Crippen molar-refractivity contribution < 1.29 is 9.72 Å². The van der Waals surface area contributed by atoms with Crippen LogP contribution < -0.4 is 11.1 Å². The summed E-state index contributed by atoms with van der Waals surface area (Å²) in [5.41, 5.74) is 6.95. The van der Waals surface area contributed by atoms with Crippen molar-refractivity contribution in [2.45, 2.75) is 6.42 Å². The van der Waals surface area contributed by atoms with Gasteiger partial charge in [-0.2, -0.15) is 5.10 Å². The summed E-state index contributed by atoms with van der Waals surface area (Å²) in [6.45, 7) is 0.993. The van der Waals surface area contributed by atoms with Crippen LogP contribution in [-0.4, -0.2) is 33.7 Å². The van der Waals surface area contributed by atoms with Gasteiger partial charge in [0.05, 0.1) is 10.5 Å². The molecule has 2 aromatic rings. The van der Waals surface area contributed by atoms with Crippen LogP contribution in [-0.2, 0) is 7.05 Å². The third kappa shape index (κ3) is 4.51. The maximum atomic E-state index is 12.2. The molecule has 0 atom stereocenters. The smallest absolute Gasteiger partial charge is 0.269 e. The average Bonchev–Trinajstić information content (AvgIpc) is 2.89. The van der Waals surface area contributed by atoms with E-state index in [0.29, 0.717) is 36.3 Å². The van der Waals surface area contributed by atoms with Gasteiger partial charge in [-0.25, -0.2) is 0 Å². The third-order valence-corrected chi connectivity index (χ3v) is 3.09. The molecule has 0 aliphatic rings. The van der Waals surface area contributed by atoms with Crippen molar-refractivity contribution in [3.05, 3.63) is 46.1 Å². The number of carbonyl (C=O) groups excluding carboxylic acids is 1. The first-order chi connectivity index (χ1) is 10.5. The highest BCUT2D eigenvalue weighted by molar-refractivity contribution is 5.99. The van der Waals surface area contributed by atoms with Crippen molar-refractivity contribution in [2.75, 3.05) is 13.1 Å². The highest BCUT2D eigenvalue weighted by Crippen LogP contribution is 2.24. The first-order valence-corrected chi connectivity index (χ1v) is 6.79. The molecule has 0 saturated carbocycles. The summed E-state index contributed by atoms with van der Waals surface area (Å²) in [5, 5.41) is 17.7. The highest BCUT2D eigenvalue weighted by atomic mass is 35.5. The van der Waals surface area contributed by atoms with Crippen molar-refractivity contribution in [3.8, 4) is 11.3 Å². The van der Waals surface area contributed by atoms with Crippen molar-refractivity contribution in [1.29, 1.82) is 0 Å². The van der Waals surface area contributed by atoms with Crippen molar-refractivity contribution in [2.24, 2.45) is 12.8 Å². The number of benzene rings is 1. The minimum absolute atomic E-state index is 0. The lowest BCUT2D eigenvalue weighted by molar-refractivity contribution is -0.384. The number of hydrogen-bond donors (Lipinski definition) is 2.